The highest BCUT2D eigenvalue weighted by atomic mass is 19.4. The summed E-state index contributed by atoms with van der Waals surface area (Å²) in [6.45, 7) is 0. The SMILES string of the molecule is N=Cc1c(C2CC2)nc(-c2cc(N)cc(F)c2OC(F)(F)F)c(F)c1NC1CC1. The fourth-order valence-electron chi connectivity index (χ4n) is 3.17. The molecule has 0 spiro atoms. The minimum atomic E-state index is -5.19. The van der Waals surface area contributed by atoms with Crippen molar-refractivity contribution < 1.29 is 26.7 Å². The lowest BCUT2D eigenvalue weighted by Crippen LogP contribution is -2.19. The number of alkyl halides is 3. The van der Waals surface area contributed by atoms with Gasteiger partial charge in [-0.05, 0) is 31.7 Å². The Morgan fingerprint density at radius 3 is 2.41 bits per heavy atom. The van der Waals surface area contributed by atoms with Crippen molar-refractivity contribution in [1.82, 2.24) is 4.98 Å². The van der Waals surface area contributed by atoms with E-state index in [0.717, 1.165) is 38.0 Å². The third kappa shape index (κ3) is 3.96. The first-order valence-electron chi connectivity index (χ1n) is 9.03. The molecule has 4 N–H and O–H groups in total. The van der Waals surface area contributed by atoms with E-state index in [1.54, 1.807) is 0 Å². The van der Waals surface area contributed by atoms with Crippen molar-refractivity contribution in [1.29, 1.82) is 5.41 Å². The standard InChI is InChI=1S/C19H17F5N4O/c20-13-6-9(26)5-11(18(13)29-19(22,23)24)16-14(21)17(27-10-3-4-10)12(7-25)15(28-16)8-1-2-8/h5-8,10,25H,1-4,26H2,(H,27,28). The van der Waals surface area contributed by atoms with E-state index in [1.807, 2.05) is 0 Å². The van der Waals surface area contributed by atoms with Crippen LogP contribution in [0.25, 0.3) is 11.3 Å². The highest BCUT2D eigenvalue weighted by Gasteiger charge is 2.37. The summed E-state index contributed by atoms with van der Waals surface area (Å²) in [5, 5.41) is 10.7. The van der Waals surface area contributed by atoms with Gasteiger partial charge in [-0.25, -0.2) is 13.8 Å². The number of nitrogen functional groups attached to an aromatic ring is 1. The Labute approximate surface area is 162 Å². The first-order chi connectivity index (χ1) is 13.7. The van der Waals surface area contributed by atoms with Gasteiger partial charge in [-0.2, -0.15) is 0 Å². The number of pyridine rings is 1. The number of hydrogen-bond acceptors (Lipinski definition) is 5. The minimum Gasteiger partial charge on any atom is -0.402 e. The molecule has 0 unspecified atom stereocenters. The van der Waals surface area contributed by atoms with Crippen LogP contribution in [0.2, 0.25) is 0 Å². The van der Waals surface area contributed by atoms with Crippen LogP contribution in [0.4, 0.5) is 33.3 Å². The van der Waals surface area contributed by atoms with Gasteiger partial charge in [-0.15, -0.1) is 13.2 Å². The van der Waals surface area contributed by atoms with Crippen molar-refractivity contribution in [3.05, 3.63) is 35.0 Å². The quantitative estimate of drug-likeness (QED) is 0.356. The number of ether oxygens (including phenoxy) is 1. The highest BCUT2D eigenvalue weighted by Crippen LogP contribution is 2.46. The van der Waals surface area contributed by atoms with Gasteiger partial charge in [0.05, 0.1) is 16.9 Å². The molecule has 2 aliphatic carbocycles. The molecule has 4 rings (SSSR count). The summed E-state index contributed by atoms with van der Waals surface area (Å²) in [6, 6.07) is 1.67. The van der Waals surface area contributed by atoms with Crippen molar-refractivity contribution in [2.45, 2.75) is 44.0 Å². The number of anilines is 2. The Kier molecular flexibility index (Phi) is 4.59. The van der Waals surface area contributed by atoms with E-state index in [4.69, 9.17) is 11.1 Å². The first kappa shape index (κ1) is 19.4. The molecule has 0 atom stereocenters. The van der Waals surface area contributed by atoms with Crippen molar-refractivity contribution in [2.24, 2.45) is 0 Å². The lowest BCUT2D eigenvalue weighted by Gasteiger charge is -2.19. The highest BCUT2D eigenvalue weighted by molar-refractivity contribution is 5.90. The van der Waals surface area contributed by atoms with E-state index in [9.17, 15) is 17.6 Å². The van der Waals surface area contributed by atoms with Gasteiger partial charge in [0.2, 0.25) is 0 Å². The number of nitrogens with zero attached hydrogens (tertiary/aromatic N) is 1. The zero-order chi connectivity index (χ0) is 20.9. The van der Waals surface area contributed by atoms with Crippen LogP contribution >= 0.6 is 0 Å². The molecule has 1 aromatic carbocycles. The molecule has 5 nitrogen and oxygen atoms in total. The summed E-state index contributed by atoms with van der Waals surface area (Å²) in [5.74, 6) is -3.58. The maximum atomic E-state index is 15.4. The summed E-state index contributed by atoms with van der Waals surface area (Å²) in [4.78, 5) is 4.20. The summed E-state index contributed by atoms with van der Waals surface area (Å²) in [5.41, 5.74) is 4.99. The molecule has 2 fully saturated rings. The zero-order valence-electron chi connectivity index (χ0n) is 15.0. The Morgan fingerprint density at radius 2 is 1.86 bits per heavy atom. The van der Waals surface area contributed by atoms with Crippen molar-refractivity contribution >= 4 is 17.6 Å². The van der Waals surface area contributed by atoms with E-state index in [0.29, 0.717) is 11.8 Å². The van der Waals surface area contributed by atoms with Gasteiger partial charge in [0.25, 0.3) is 0 Å². The molecule has 2 saturated carbocycles. The molecule has 1 aromatic heterocycles. The Balaban J connectivity index is 1.95. The number of nitrogens with one attached hydrogen (secondary N) is 2. The van der Waals surface area contributed by atoms with Gasteiger partial charge in [0, 0.05) is 35.5 Å². The molecular weight excluding hydrogens is 395 g/mol. The molecule has 154 valence electrons. The molecule has 0 saturated heterocycles. The summed E-state index contributed by atoms with van der Waals surface area (Å²) < 4.78 is 72.0. The minimum absolute atomic E-state index is 0.00831. The first-order valence-corrected chi connectivity index (χ1v) is 9.03. The van der Waals surface area contributed by atoms with Gasteiger partial charge in [0.15, 0.2) is 17.4 Å². The van der Waals surface area contributed by atoms with Crippen LogP contribution in [0.5, 0.6) is 5.75 Å². The van der Waals surface area contributed by atoms with Crippen LogP contribution in [0.1, 0.15) is 42.9 Å². The van der Waals surface area contributed by atoms with Gasteiger partial charge >= 0.3 is 6.36 Å². The number of aromatic nitrogens is 1. The largest absolute Gasteiger partial charge is 0.573 e. The molecule has 0 radical (unpaired) electrons. The van der Waals surface area contributed by atoms with E-state index < -0.39 is 35.0 Å². The summed E-state index contributed by atoms with van der Waals surface area (Å²) in [7, 11) is 0. The smallest absolute Gasteiger partial charge is 0.402 e. The monoisotopic (exact) mass is 412 g/mol. The Hall–Kier alpha value is -2.91. The second-order valence-electron chi connectivity index (χ2n) is 7.21. The molecule has 1 heterocycles. The van der Waals surface area contributed by atoms with Gasteiger partial charge < -0.3 is 21.2 Å². The fourth-order valence-corrected chi connectivity index (χ4v) is 3.17. The van der Waals surface area contributed by atoms with Crippen LogP contribution in [0, 0.1) is 17.0 Å². The summed E-state index contributed by atoms with van der Waals surface area (Å²) in [6.07, 6.45) is -1.07. The number of benzene rings is 1. The summed E-state index contributed by atoms with van der Waals surface area (Å²) >= 11 is 0. The predicted molar refractivity (Wildman–Crippen MR) is 97.2 cm³/mol. The Morgan fingerprint density at radius 1 is 1.17 bits per heavy atom. The van der Waals surface area contributed by atoms with Crippen LogP contribution < -0.4 is 15.8 Å². The zero-order valence-corrected chi connectivity index (χ0v) is 15.0. The topological polar surface area (TPSA) is 84.0 Å². The van der Waals surface area contributed by atoms with E-state index in [2.05, 4.69) is 15.0 Å². The lowest BCUT2D eigenvalue weighted by molar-refractivity contribution is -0.275. The van der Waals surface area contributed by atoms with E-state index >= 15 is 4.39 Å². The average Bonchev–Trinajstić information content (AvgIpc) is 3.51. The second-order valence-corrected chi connectivity index (χ2v) is 7.21. The van der Waals surface area contributed by atoms with Gasteiger partial charge in [-0.3, -0.25) is 0 Å². The fraction of sp³-hybridized carbons (Fsp3) is 0.368. The maximum absolute atomic E-state index is 15.4. The molecule has 0 aliphatic heterocycles. The third-order valence-electron chi connectivity index (χ3n) is 4.78. The Bertz CT molecular complexity index is 984. The third-order valence-corrected chi connectivity index (χ3v) is 4.78. The second kappa shape index (κ2) is 6.85. The van der Waals surface area contributed by atoms with Crippen LogP contribution in [0.3, 0.4) is 0 Å². The van der Waals surface area contributed by atoms with E-state index in [-0.39, 0.29) is 28.9 Å². The lowest BCUT2D eigenvalue weighted by atomic mass is 10.0. The van der Waals surface area contributed by atoms with Crippen LogP contribution in [-0.2, 0) is 0 Å². The van der Waals surface area contributed by atoms with E-state index in [1.165, 1.54) is 0 Å². The van der Waals surface area contributed by atoms with Crippen molar-refractivity contribution in [2.75, 3.05) is 11.1 Å². The van der Waals surface area contributed by atoms with Gasteiger partial charge in [-0.1, -0.05) is 0 Å². The number of halogens is 5. The molecule has 2 aliphatic rings. The van der Waals surface area contributed by atoms with Gasteiger partial charge in [0.1, 0.15) is 5.69 Å². The normalized spacial score (nSPS) is 16.6. The van der Waals surface area contributed by atoms with Crippen molar-refractivity contribution in [3.8, 4) is 17.0 Å². The number of hydrogen-bond donors (Lipinski definition) is 3. The molecular formula is C19H17F5N4O. The molecule has 0 amide bonds. The molecule has 29 heavy (non-hydrogen) atoms. The molecule has 0 bridgehead atoms. The van der Waals surface area contributed by atoms with Crippen LogP contribution in [0.15, 0.2) is 12.1 Å². The predicted octanol–water partition coefficient (Wildman–Crippen LogP) is 4.96. The number of nitrogens with two attached hydrogens (primary N) is 1. The average molecular weight is 412 g/mol. The molecule has 2 aromatic rings. The number of rotatable bonds is 6. The molecule has 10 heteroatoms. The maximum Gasteiger partial charge on any atom is 0.573 e. The van der Waals surface area contributed by atoms with Crippen LogP contribution in [-0.4, -0.2) is 23.6 Å². The van der Waals surface area contributed by atoms with Crippen molar-refractivity contribution in [3.63, 3.8) is 0 Å².